The minimum Gasteiger partial charge on any atom is -0.481 e. The van der Waals surface area contributed by atoms with E-state index in [4.69, 9.17) is 9.84 Å². The van der Waals surface area contributed by atoms with E-state index >= 15 is 0 Å². The van der Waals surface area contributed by atoms with Crippen LogP contribution in [0.15, 0.2) is 0 Å². The van der Waals surface area contributed by atoms with Crippen molar-refractivity contribution < 1.29 is 19.4 Å². The number of ether oxygens (including phenoxy) is 1. The van der Waals surface area contributed by atoms with Gasteiger partial charge < -0.3 is 20.5 Å². The molecule has 1 amide bonds. The monoisotopic (exact) mass is 300 g/mol. The molecule has 0 radical (unpaired) electrons. The maximum Gasteiger partial charge on any atom is 0.303 e. The molecule has 1 rings (SSSR count). The zero-order valence-electron chi connectivity index (χ0n) is 13.1. The fraction of sp³-hybridized carbons (Fsp3) is 0.867. The van der Waals surface area contributed by atoms with Crippen LogP contribution >= 0.6 is 0 Å². The van der Waals surface area contributed by atoms with Crippen LogP contribution in [0.1, 0.15) is 39.5 Å². The van der Waals surface area contributed by atoms with Crippen molar-refractivity contribution in [3.8, 4) is 0 Å². The largest absolute Gasteiger partial charge is 0.481 e. The predicted molar refractivity (Wildman–Crippen MR) is 80.1 cm³/mol. The van der Waals surface area contributed by atoms with Crippen molar-refractivity contribution in [3.05, 3.63) is 0 Å². The fourth-order valence-corrected chi connectivity index (χ4v) is 2.55. The number of nitrogens with one attached hydrogen (secondary N) is 2. The van der Waals surface area contributed by atoms with Crippen molar-refractivity contribution in [2.75, 3.05) is 26.2 Å². The Morgan fingerprint density at radius 3 is 2.71 bits per heavy atom. The van der Waals surface area contributed by atoms with Gasteiger partial charge in [-0.1, -0.05) is 13.8 Å². The van der Waals surface area contributed by atoms with Crippen LogP contribution in [0.4, 0.5) is 0 Å². The van der Waals surface area contributed by atoms with Crippen LogP contribution in [0.2, 0.25) is 0 Å². The molecule has 122 valence electrons. The van der Waals surface area contributed by atoms with Crippen LogP contribution < -0.4 is 10.6 Å². The first-order valence-electron chi connectivity index (χ1n) is 7.80. The average molecular weight is 300 g/mol. The number of rotatable bonds is 9. The molecular formula is C15H28N2O4. The zero-order valence-corrected chi connectivity index (χ0v) is 13.1. The molecule has 1 saturated heterocycles. The first kappa shape index (κ1) is 17.9. The Morgan fingerprint density at radius 1 is 1.38 bits per heavy atom. The van der Waals surface area contributed by atoms with Gasteiger partial charge in [0.25, 0.3) is 0 Å². The Labute approximate surface area is 126 Å². The van der Waals surface area contributed by atoms with Gasteiger partial charge in [-0.2, -0.15) is 0 Å². The van der Waals surface area contributed by atoms with Gasteiger partial charge in [0.2, 0.25) is 5.91 Å². The van der Waals surface area contributed by atoms with Crippen molar-refractivity contribution in [1.82, 2.24) is 10.6 Å². The fourth-order valence-electron chi connectivity index (χ4n) is 2.55. The molecule has 1 fully saturated rings. The van der Waals surface area contributed by atoms with Crippen LogP contribution in [-0.2, 0) is 14.3 Å². The van der Waals surface area contributed by atoms with Crippen LogP contribution in [0.5, 0.6) is 0 Å². The van der Waals surface area contributed by atoms with Crippen molar-refractivity contribution in [2.24, 2.45) is 11.8 Å². The summed E-state index contributed by atoms with van der Waals surface area (Å²) in [6.07, 6.45) is 2.03. The quantitative estimate of drug-likeness (QED) is 0.591. The number of hydrogen-bond acceptors (Lipinski definition) is 4. The second kappa shape index (κ2) is 9.73. The van der Waals surface area contributed by atoms with Crippen LogP contribution in [-0.4, -0.2) is 49.3 Å². The first-order valence-corrected chi connectivity index (χ1v) is 7.80. The standard InChI is InChI=1S/C15H28N2O4/c1-11(2)12(3-4-15(19)20)5-6-17-14(18)9-13-10-16-7-8-21-13/h11-13,16H,3-10H2,1-2H3,(H,17,18)(H,19,20). The van der Waals surface area contributed by atoms with E-state index in [1.807, 2.05) is 0 Å². The maximum atomic E-state index is 11.8. The highest BCUT2D eigenvalue weighted by atomic mass is 16.5. The Bertz CT molecular complexity index is 328. The summed E-state index contributed by atoms with van der Waals surface area (Å²) in [4.78, 5) is 22.5. The highest BCUT2D eigenvalue weighted by Crippen LogP contribution is 2.20. The molecule has 2 unspecified atom stereocenters. The molecule has 3 N–H and O–H groups in total. The summed E-state index contributed by atoms with van der Waals surface area (Å²) >= 11 is 0. The highest BCUT2D eigenvalue weighted by molar-refractivity contribution is 5.76. The van der Waals surface area contributed by atoms with Gasteiger partial charge in [0.1, 0.15) is 0 Å². The number of carbonyl (C=O) groups excluding carboxylic acids is 1. The van der Waals surface area contributed by atoms with Crippen molar-refractivity contribution >= 4 is 11.9 Å². The Morgan fingerprint density at radius 2 is 2.14 bits per heavy atom. The first-order chi connectivity index (χ1) is 9.99. The molecule has 0 aliphatic carbocycles. The van der Waals surface area contributed by atoms with Crippen molar-refractivity contribution in [2.45, 2.75) is 45.6 Å². The second-order valence-corrected chi connectivity index (χ2v) is 5.98. The van der Waals surface area contributed by atoms with E-state index in [0.29, 0.717) is 37.8 Å². The lowest BCUT2D eigenvalue weighted by atomic mass is 9.88. The van der Waals surface area contributed by atoms with Crippen molar-refractivity contribution in [1.29, 1.82) is 0 Å². The molecule has 1 heterocycles. The normalized spacial score (nSPS) is 20.2. The van der Waals surface area contributed by atoms with E-state index in [-0.39, 0.29) is 18.4 Å². The molecular weight excluding hydrogens is 272 g/mol. The van der Waals surface area contributed by atoms with Gasteiger partial charge in [0, 0.05) is 26.1 Å². The number of carbonyl (C=O) groups is 2. The number of carboxylic acids is 1. The van der Waals surface area contributed by atoms with Gasteiger partial charge in [-0.15, -0.1) is 0 Å². The number of carboxylic acid groups (broad SMARTS) is 1. The summed E-state index contributed by atoms with van der Waals surface area (Å²) in [7, 11) is 0. The van der Waals surface area contributed by atoms with Gasteiger partial charge in [0.05, 0.1) is 19.1 Å². The summed E-state index contributed by atoms with van der Waals surface area (Å²) in [5.74, 6) is -0.00259. The van der Waals surface area contributed by atoms with Gasteiger partial charge in [-0.05, 0) is 24.7 Å². The second-order valence-electron chi connectivity index (χ2n) is 5.98. The third-order valence-electron chi connectivity index (χ3n) is 3.93. The van der Waals surface area contributed by atoms with Gasteiger partial charge in [-0.3, -0.25) is 9.59 Å². The summed E-state index contributed by atoms with van der Waals surface area (Å²) < 4.78 is 5.49. The lowest BCUT2D eigenvalue weighted by Gasteiger charge is -2.23. The molecule has 1 aliphatic rings. The maximum absolute atomic E-state index is 11.8. The molecule has 6 nitrogen and oxygen atoms in total. The van der Waals surface area contributed by atoms with Gasteiger partial charge in [0.15, 0.2) is 0 Å². The molecule has 6 heteroatoms. The van der Waals surface area contributed by atoms with E-state index in [0.717, 1.165) is 19.5 Å². The number of morpholine rings is 1. The summed E-state index contributed by atoms with van der Waals surface area (Å²) in [6, 6.07) is 0. The molecule has 21 heavy (non-hydrogen) atoms. The Kier molecular flexibility index (Phi) is 8.30. The third-order valence-corrected chi connectivity index (χ3v) is 3.93. The topological polar surface area (TPSA) is 87.7 Å². The molecule has 0 aromatic carbocycles. The molecule has 0 aromatic rings. The van der Waals surface area contributed by atoms with Gasteiger partial charge in [-0.25, -0.2) is 0 Å². The Balaban J connectivity index is 2.19. The van der Waals surface area contributed by atoms with E-state index in [9.17, 15) is 9.59 Å². The van der Waals surface area contributed by atoms with E-state index in [1.165, 1.54) is 0 Å². The van der Waals surface area contributed by atoms with Crippen LogP contribution in [0.3, 0.4) is 0 Å². The van der Waals surface area contributed by atoms with E-state index in [2.05, 4.69) is 24.5 Å². The van der Waals surface area contributed by atoms with E-state index in [1.54, 1.807) is 0 Å². The molecule has 2 atom stereocenters. The van der Waals surface area contributed by atoms with E-state index < -0.39 is 5.97 Å². The highest BCUT2D eigenvalue weighted by Gasteiger charge is 2.18. The minimum atomic E-state index is -0.758. The summed E-state index contributed by atoms with van der Waals surface area (Å²) in [5.41, 5.74) is 0. The summed E-state index contributed by atoms with van der Waals surface area (Å²) in [5, 5.41) is 14.9. The van der Waals surface area contributed by atoms with Crippen LogP contribution in [0, 0.1) is 11.8 Å². The third kappa shape index (κ3) is 8.02. The average Bonchev–Trinajstić information content (AvgIpc) is 2.43. The van der Waals surface area contributed by atoms with Crippen LogP contribution in [0.25, 0.3) is 0 Å². The molecule has 0 saturated carbocycles. The smallest absolute Gasteiger partial charge is 0.303 e. The number of aliphatic carboxylic acids is 1. The lowest BCUT2D eigenvalue weighted by molar-refractivity contribution is -0.137. The zero-order chi connectivity index (χ0) is 15.7. The molecule has 0 aromatic heterocycles. The number of amides is 1. The molecule has 0 spiro atoms. The predicted octanol–water partition coefficient (Wildman–Crippen LogP) is 1.01. The minimum absolute atomic E-state index is 0.00411. The van der Waals surface area contributed by atoms with Crippen molar-refractivity contribution in [3.63, 3.8) is 0 Å². The van der Waals surface area contributed by atoms with Gasteiger partial charge >= 0.3 is 5.97 Å². The molecule has 1 aliphatic heterocycles. The number of hydrogen-bond donors (Lipinski definition) is 3. The molecule has 0 bridgehead atoms. The summed E-state index contributed by atoms with van der Waals surface area (Å²) in [6.45, 7) is 7.01. The SMILES string of the molecule is CC(C)C(CCNC(=O)CC1CNCCO1)CCC(=O)O. The lowest BCUT2D eigenvalue weighted by Crippen LogP contribution is -2.41. The Hall–Kier alpha value is -1.14.